The third-order valence-corrected chi connectivity index (χ3v) is 8.53. The van der Waals surface area contributed by atoms with Gasteiger partial charge in [-0.3, -0.25) is 4.79 Å². The van der Waals surface area contributed by atoms with Crippen molar-refractivity contribution < 1.29 is 46.4 Å². The maximum Gasteiger partial charge on any atom is 0.416 e. The maximum atomic E-state index is 13.3. The van der Waals surface area contributed by atoms with E-state index in [0.717, 1.165) is 69.9 Å². The SMILES string of the molecule is O=C1CCCC=CC[C@@H]2[C@@H](C=C[C@H](COc3cccc(C(F)(F)F)c3)OC3CCCCO3)[C@H](OC3CCCCO3)C[C@@H]2O1. The highest BCUT2D eigenvalue weighted by atomic mass is 19.4. The molecular weight excluding hydrogens is 565 g/mol. The van der Waals surface area contributed by atoms with Crippen molar-refractivity contribution in [3.63, 3.8) is 0 Å². The van der Waals surface area contributed by atoms with Crippen LogP contribution in [0.25, 0.3) is 0 Å². The van der Waals surface area contributed by atoms with Crippen LogP contribution in [0.5, 0.6) is 5.75 Å². The van der Waals surface area contributed by atoms with Crippen LogP contribution in [0.3, 0.4) is 0 Å². The number of carbonyl (C=O) groups excluding carboxylic acids is 1. The molecule has 10 heteroatoms. The first-order valence-electron chi connectivity index (χ1n) is 15.7. The van der Waals surface area contributed by atoms with Crippen LogP contribution in [0, 0.1) is 11.8 Å². The molecule has 7 nitrogen and oxygen atoms in total. The summed E-state index contributed by atoms with van der Waals surface area (Å²) in [6.07, 6.45) is 10.7. The molecule has 7 atom stereocenters. The van der Waals surface area contributed by atoms with Crippen LogP contribution in [0.1, 0.15) is 76.2 Å². The lowest BCUT2D eigenvalue weighted by Crippen LogP contribution is -2.32. The zero-order valence-corrected chi connectivity index (χ0v) is 24.6. The second-order valence-electron chi connectivity index (χ2n) is 11.8. The Labute approximate surface area is 251 Å². The summed E-state index contributed by atoms with van der Waals surface area (Å²) in [5.74, 6) is -0.173. The van der Waals surface area contributed by atoms with Crippen LogP contribution in [0.4, 0.5) is 13.2 Å². The maximum absolute atomic E-state index is 13.3. The molecule has 1 aliphatic carbocycles. The molecule has 0 bridgehead atoms. The monoisotopic (exact) mass is 608 g/mol. The highest BCUT2D eigenvalue weighted by Crippen LogP contribution is 2.42. The topological polar surface area (TPSA) is 72.5 Å². The largest absolute Gasteiger partial charge is 0.491 e. The van der Waals surface area contributed by atoms with Crippen molar-refractivity contribution in [2.75, 3.05) is 19.8 Å². The molecular formula is C33H43F3O7. The number of hydrogen-bond donors (Lipinski definition) is 0. The number of halogens is 3. The summed E-state index contributed by atoms with van der Waals surface area (Å²) in [6, 6.07) is 4.85. The normalized spacial score (nSPS) is 31.4. The summed E-state index contributed by atoms with van der Waals surface area (Å²) in [5, 5.41) is 0. The number of fused-ring (bicyclic) bond motifs is 1. The van der Waals surface area contributed by atoms with Gasteiger partial charge in [-0.05, 0) is 76.0 Å². The minimum atomic E-state index is -4.46. The number of allylic oxidation sites excluding steroid dienone is 2. The molecule has 0 spiro atoms. The average molecular weight is 609 g/mol. The first kappa shape index (κ1) is 32.0. The van der Waals surface area contributed by atoms with Crippen molar-refractivity contribution in [3.05, 3.63) is 54.1 Å². The molecule has 3 aliphatic heterocycles. The van der Waals surface area contributed by atoms with Gasteiger partial charge in [-0.1, -0.05) is 30.4 Å². The Morgan fingerprint density at radius 2 is 1.79 bits per heavy atom. The van der Waals surface area contributed by atoms with Gasteiger partial charge in [-0.15, -0.1) is 0 Å². The number of carbonyl (C=O) groups is 1. The molecule has 0 aromatic heterocycles. The molecule has 43 heavy (non-hydrogen) atoms. The second-order valence-corrected chi connectivity index (χ2v) is 11.8. The molecule has 1 aromatic carbocycles. The molecule has 0 amide bonds. The van der Waals surface area contributed by atoms with Crippen molar-refractivity contribution in [2.24, 2.45) is 11.8 Å². The van der Waals surface area contributed by atoms with Gasteiger partial charge in [0.05, 0.1) is 11.7 Å². The zero-order valence-electron chi connectivity index (χ0n) is 24.6. The third-order valence-electron chi connectivity index (χ3n) is 8.53. The van der Waals surface area contributed by atoms with E-state index >= 15 is 0 Å². The van der Waals surface area contributed by atoms with Crippen LogP contribution < -0.4 is 4.74 Å². The Bertz CT molecular complexity index is 1080. The first-order valence-corrected chi connectivity index (χ1v) is 15.7. The molecule has 0 N–H and O–H groups in total. The van der Waals surface area contributed by atoms with Gasteiger partial charge in [-0.2, -0.15) is 13.2 Å². The van der Waals surface area contributed by atoms with Crippen molar-refractivity contribution in [1.29, 1.82) is 0 Å². The Balaban J connectivity index is 1.35. The Kier molecular flexibility index (Phi) is 11.6. The van der Waals surface area contributed by atoms with E-state index in [2.05, 4.69) is 18.2 Å². The quantitative estimate of drug-likeness (QED) is 0.218. The van der Waals surface area contributed by atoms with E-state index in [-0.39, 0.29) is 48.7 Å². The zero-order chi connectivity index (χ0) is 30.1. The van der Waals surface area contributed by atoms with E-state index < -0.39 is 24.1 Å². The molecule has 0 radical (unpaired) electrons. The van der Waals surface area contributed by atoms with E-state index in [9.17, 15) is 18.0 Å². The van der Waals surface area contributed by atoms with Crippen LogP contribution in [0.2, 0.25) is 0 Å². The fourth-order valence-corrected chi connectivity index (χ4v) is 6.26. The van der Waals surface area contributed by atoms with E-state index in [0.29, 0.717) is 26.1 Å². The molecule has 1 saturated carbocycles. The molecule has 238 valence electrons. The van der Waals surface area contributed by atoms with Gasteiger partial charge in [0, 0.05) is 37.9 Å². The Morgan fingerprint density at radius 3 is 2.53 bits per heavy atom. The van der Waals surface area contributed by atoms with Crippen LogP contribution in [0.15, 0.2) is 48.6 Å². The van der Waals surface area contributed by atoms with Crippen LogP contribution in [-0.2, 0) is 34.7 Å². The lowest BCUT2D eigenvalue weighted by molar-refractivity contribution is -0.193. The standard InChI is InChI=1S/C33H43F3O7/c34-33(35,36)23-10-9-11-24(20-23)40-22-25(41-31-14-5-7-18-38-31)16-17-27-26-12-3-1-2-4-13-30(37)42-28(26)21-29(27)43-32-15-6-8-19-39-32/h1,3,9-11,16-17,20,25-29,31-32H,2,4-8,12-15,18-19,21-22H2/t25-,26-,27-,28+,29-,31?,32?/m1/s1. The van der Waals surface area contributed by atoms with Gasteiger partial charge in [0.2, 0.25) is 0 Å². The highest BCUT2D eigenvalue weighted by molar-refractivity contribution is 5.69. The van der Waals surface area contributed by atoms with Crippen molar-refractivity contribution >= 4 is 5.97 Å². The predicted octanol–water partition coefficient (Wildman–Crippen LogP) is 7.14. The van der Waals surface area contributed by atoms with Gasteiger partial charge >= 0.3 is 12.1 Å². The first-order chi connectivity index (χ1) is 20.8. The molecule has 4 aliphatic rings. The van der Waals surface area contributed by atoms with Gasteiger partial charge in [-0.25, -0.2) is 0 Å². The van der Waals surface area contributed by atoms with E-state index in [4.69, 9.17) is 28.4 Å². The number of hydrogen-bond acceptors (Lipinski definition) is 7. The molecule has 2 saturated heterocycles. The lowest BCUT2D eigenvalue weighted by atomic mass is 9.89. The smallest absolute Gasteiger partial charge is 0.416 e. The van der Waals surface area contributed by atoms with Gasteiger partial charge in [0.15, 0.2) is 12.6 Å². The number of benzene rings is 1. The van der Waals surface area contributed by atoms with E-state index in [1.54, 1.807) is 0 Å². The fraction of sp³-hybridized carbons (Fsp3) is 0.667. The molecule has 1 aromatic rings. The van der Waals surface area contributed by atoms with Crippen molar-refractivity contribution in [2.45, 2.75) is 108 Å². The number of esters is 1. The van der Waals surface area contributed by atoms with Crippen molar-refractivity contribution in [1.82, 2.24) is 0 Å². The Morgan fingerprint density at radius 1 is 1.00 bits per heavy atom. The number of alkyl halides is 3. The minimum Gasteiger partial charge on any atom is -0.491 e. The molecule has 3 fully saturated rings. The second kappa shape index (κ2) is 15.5. The van der Waals surface area contributed by atoms with Gasteiger partial charge in [0.25, 0.3) is 0 Å². The average Bonchev–Trinajstić information content (AvgIpc) is 3.32. The van der Waals surface area contributed by atoms with Crippen LogP contribution in [-0.4, -0.2) is 56.7 Å². The van der Waals surface area contributed by atoms with E-state index in [1.165, 1.54) is 12.1 Å². The number of rotatable bonds is 9. The fourth-order valence-electron chi connectivity index (χ4n) is 6.26. The third kappa shape index (κ3) is 9.54. The molecule has 5 rings (SSSR count). The highest BCUT2D eigenvalue weighted by Gasteiger charge is 2.45. The van der Waals surface area contributed by atoms with Crippen molar-refractivity contribution in [3.8, 4) is 5.75 Å². The molecule has 3 heterocycles. The van der Waals surface area contributed by atoms with E-state index in [1.807, 2.05) is 6.08 Å². The summed E-state index contributed by atoms with van der Waals surface area (Å²) in [7, 11) is 0. The molecule has 2 unspecified atom stereocenters. The summed E-state index contributed by atoms with van der Waals surface area (Å²) in [6.45, 7) is 1.26. The summed E-state index contributed by atoms with van der Waals surface area (Å²) in [4.78, 5) is 12.6. The van der Waals surface area contributed by atoms with Gasteiger partial charge in [0.1, 0.15) is 24.6 Å². The Hall–Kier alpha value is -2.40. The van der Waals surface area contributed by atoms with Gasteiger partial charge < -0.3 is 28.4 Å². The lowest BCUT2D eigenvalue weighted by Gasteiger charge is -2.30. The summed E-state index contributed by atoms with van der Waals surface area (Å²) in [5.41, 5.74) is -0.769. The minimum absolute atomic E-state index is 0.000827. The summed E-state index contributed by atoms with van der Waals surface area (Å²) < 4.78 is 76.1. The predicted molar refractivity (Wildman–Crippen MR) is 152 cm³/mol. The number of ether oxygens (including phenoxy) is 6. The van der Waals surface area contributed by atoms with Crippen LogP contribution >= 0.6 is 0 Å². The summed E-state index contributed by atoms with van der Waals surface area (Å²) >= 11 is 0.